The average Bonchev–Trinajstić information content (AvgIpc) is 2.94. The van der Waals surface area contributed by atoms with Crippen LogP contribution in [0.5, 0.6) is 0 Å². The summed E-state index contributed by atoms with van der Waals surface area (Å²) in [5, 5.41) is 0. The van der Waals surface area contributed by atoms with Crippen molar-refractivity contribution in [1.82, 2.24) is 0 Å². The van der Waals surface area contributed by atoms with E-state index in [1.54, 1.807) is 27.7 Å². The van der Waals surface area contributed by atoms with E-state index in [9.17, 15) is 26.4 Å². The van der Waals surface area contributed by atoms with Gasteiger partial charge in [0.15, 0.2) is 6.10 Å². The summed E-state index contributed by atoms with van der Waals surface area (Å²) in [5.74, 6) is -3.19. The van der Waals surface area contributed by atoms with Gasteiger partial charge in [-0.05, 0) is 6.42 Å². The Morgan fingerprint density at radius 3 is 1.93 bits per heavy atom. The third-order valence-electron chi connectivity index (χ3n) is 4.77. The van der Waals surface area contributed by atoms with Gasteiger partial charge in [0.05, 0.1) is 37.2 Å². The number of rotatable bonds is 9. The Balaban J connectivity index is 1.84. The molecule has 2 atom stereocenters. The minimum Gasteiger partial charge on any atom is -0.465 e. The van der Waals surface area contributed by atoms with Crippen molar-refractivity contribution in [3.05, 3.63) is 0 Å². The van der Waals surface area contributed by atoms with Crippen molar-refractivity contribution < 1.29 is 44.3 Å². The third kappa shape index (κ3) is 5.65. The molecule has 162 valence electrons. The zero-order valence-electron chi connectivity index (χ0n) is 16.3. The second-order valence-corrected chi connectivity index (χ2v) is 11.9. The Morgan fingerprint density at radius 2 is 1.43 bits per heavy atom. The number of carbonyl (C=O) groups excluding carboxylic acids is 2. The molecule has 0 radical (unpaired) electrons. The molecule has 2 unspecified atom stereocenters. The number of esters is 2. The lowest BCUT2D eigenvalue weighted by Gasteiger charge is -2.21. The second-order valence-electron chi connectivity index (χ2n) is 8.38. The molecule has 0 saturated carbocycles. The van der Waals surface area contributed by atoms with Crippen molar-refractivity contribution in [2.24, 2.45) is 16.7 Å². The molecule has 10 nitrogen and oxygen atoms in total. The lowest BCUT2D eigenvalue weighted by atomic mass is 9.82. The Labute approximate surface area is 165 Å². The first kappa shape index (κ1) is 23.0. The number of hydrogen-bond donors (Lipinski definition) is 0. The largest absolute Gasteiger partial charge is 0.465 e. The van der Waals surface area contributed by atoms with Crippen LogP contribution in [0.4, 0.5) is 0 Å². The maximum atomic E-state index is 12.1. The molecule has 12 heteroatoms. The van der Waals surface area contributed by atoms with Crippen molar-refractivity contribution in [3.8, 4) is 0 Å². The Bertz CT molecular complexity index is 825. The molecular weight excluding hydrogens is 416 g/mol. The van der Waals surface area contributed by atoms with Gasteiger partial charge < -0.3 is 9.47 Å². The van der Waals surface area contributed by atoms with E-state index >= 15 is 0 Å². The van der Waals surface area contributed by atoms with Gasteiger partial charge in [0.25, 0.3) is 20.2 Å². The summed E-state index contributed by atoms with van der Waals surface area (Å²) in [7, 11) is -8.19. The number of carbonyl (C=O) groups is 2. The minimum absolute atomic E-state index is 0.0359. The van der Waals surface area contributed by atoms with Gasteiger partial charge in [0.2, 0.25) is 0 Å². The van der Waals surface area contributed by atoms with Crippen molar-refractivity contribution in [3.63, 3.8) is 0 Å². The van der Waals surface area contributed by atoms with E-state index in [2.05, 4.69) is 0 Å². The van der Waals surface area contributed by atoms with E-state index < -0.39 is 66.5 Å². The van der Waals surface area contributed by atoms with E-state index in [0.717, 1.165) is 0 Å². The normalized spacial score (nSPS) is 26.9. The molecule has 0 aromatic rings. The molecule has 2 heterocycles. The van der Waals surface area contributed by atoms with E-state index in [1.807, 2.05) is 0 Å². The number of cyclic esters (lactones) is 2. The lowest BCUT2D eigenvalue weighted by molar-refractivity contribution is -0.144. The summed E-state index contributed by atoms with van der Waals surface area (Å²) < 4.78 is 67.7. The van der Waals surface area contributed by atoms with Crippen molar-refractivity contribution in [2.75, 3.05) is 31.3 Å². The van der Waals surface area contributed by atoms with Gasteiger partial charge in [-0.1, -0.05) is 27.7 Å². The van der Waals surface area contributed by atoms with Crippen LogP contribution in [0, 0.1) is 16.7 Å². The smallest absolute Gasteiger partial charge is 0.337 e. The highest BCUT2D eigenvalue weighted by Gasteiger charge is 2.47. The van der Waals surface area contributed by atoms with Crippen molar-refractivity contribution in [1.29, 1.82) is 0 Å². The summed E-state index contributed by atoms with van der Waals surface area (Å²) >= 11 is 0. The van der Waals surface area contributed by atoms with Crippen LogP contribution < -0.4 is 0 Å². The van der Waals surface area contributed by atoms with Crippen LogP contribution in [-0.2, 0) is 47.7 Å². The first-order chi connectivity index (χ1) is 12.7. The monoisotopic (exact) mass is 442 g/mol. The van der Waals surface area contributed by atoms with E-state index in [1.165, 1.54) is 0 Å². The van der Waals surface area contributed by atoms with E-state index in [-0.39, 0.29) is 26.2 Å². The first-order valence-corrected chi connectivity index (χ1v) is 11.9. The summed E-state index contributed by atoms with van der Waals surface area (Å²) in [6.07, 6.45) is -1.55. The van der Waals surface area contributed by atoms with Crippen LogP contribution in [0.15, 0.2) is 0 Å². The van der Waals surface area contributed by atoms with Crippen LogP contribution in [0.1, 0.15) is 34.1 Å². The zero-order chi connectivity index (χ0) is 21.4. The maximum Gasteiger partial charge on any atom is 0.337 e. The molecule has 0 aromatic carbocycles. The topological polar surface area (TPSA) is 139 Å². The summed E-state index contributed by atoms with van der Waals surface area (Å²) in [4.78, 5) is 23.3. The molecular formula is C16H26O10S2. The fraction of sp³-hybridized carbons (Fsp3) is 0.875. The van der Waals surface area contributed by atoms with E-state index in [0.29, 0.717) is 0 Å². The standard InChI is InChI=1S/C16H26O10S2/c1-15(2)9-23-13(17)11(15)8-25-27(19,20)6-5-7-28(21,22)26-12-14(18)24-10-16(12,3)4/h11-12H,5-10H2,1-4H3. The summed E-state index contributed by atoms with van der Waals surface area (Å²) in [5.41, 5.74) is -1.35. The molecule has 0 N–H and O–H groups in total. The molecule has 0 aromatic heterocycles. The predicted octanol–water partition coefficient (Wildman–Crippen LogP) is 0.220. The summed E-state index contributed by atoms with van der Waals surface area (Å²) in [6, 6.07) is 0. The Morgan fingerprint density at radius 1 is 0.893 bits per heavy atom. The average molecular weight is 443 g/mol. The summed E-state index contributed by atoms with van der Waals surface area (Å²) in [6.45, 7) is 6.64. The molecule has 2 aliphatic rings. The van der Waals surface area contributed by atoms with Crippen LogP contribution in [0.25, 0.3) is 0 Å². The van der Waals surface area contributed by atoms with Gasteiger partial charge in [-0.15, -0.1) is 0 Å². The van der Waals surface area contributed by atoms with Crippen LogP contribution in [-0.4, -0.2) is 66.2 Å². The highest BCUT2D eigenvalue weighted by Crippen LogP contribution is 2.35. The van der Waals surface area contributed by atoms with Crippen molar-refractivity contribution >= 4 is 32.2 Å². The third-order valence-corrected chi connectivity index (χ3v) is 7.33. The van der Waals surface area contributed by atoms with Gasteiger partial charge in [-0.2, -0.15) is 16.8 Å². The Kier molecular flexibility index (Phi) is 6.49. The van der Waals surface area contributed by atoms with Crippen molar-refractivity contribution in [2.45, 2.75) is 40.2 Å². The number of ether oxygens (including phenoxy) is 2. The fourth-order valence-electron chi connectivity index (χ4n) is 2.81. The van der Waals surface area contributed by atoms with Gasteiger partial charge >= 0.3 is 11.9 Å². The zero-order valence-corrected chi connectivity index (χ0v) is 17.9. The molecule has 0 amide bonds. The van der Waals surface area contributed by atoms with Gasteiger partial charge in [-0.25, -0.2) is 4.79 Å². The SMILES string of the molecule is CC1(C)COC(=O)C1COS(=O)(=O)CCCS(=O)(=O)OC1C(=O)OCC1(C)C. The second kappa shape index (κ2) is 7.88. The molecule has 28 heavy (non-hydrogen) atoms. The lowest BCUT2D eigenvalue weighted by Crippen LogP contribution is -2.35. The quantitative estimate of drug-likeness (QED) is 0.360. The Hall–Kier alpha value is -1.24. The minimum atomic E-state index is -4.14. The van der Waals surface area contributed by atoms with Gasteiger partial charge in [0.1, 0.15) is 0 Å². The van der Waals surface area contributed by atoms with Gasteiger partial charge in [-0.3, -0.25) is 13.2 Å². The predicted molar refractivity (Wildman–Crippen MR) is 96.0 cm³/mol. The molecule has 2 saturated heterocycles. The van der Waals surface area contributed by atoms with Gasteiger partial charge in [0, 0.05) is 10.8 Å². The highest BCUT2D eigenvalue weighted by atomic mass is 32.2. The van der Waals surface area contributed by atoms with Crippen LogP contribution in [0.2, 0.25) is 0 Å². The molecule has 0 aliphatic carbocycles. The molecule has 2 fully saturated rings. The molecule has 2 rings (SSSR count). The molecule has 2 aliphatic heterocycles. The number of hydrogen-bond acceptors (Lipinski definition) is 10. The molecule has 0 spiro atoms. The first-order valence-electron chi connectivity index (χ1n) is 8.77. The molecule has 0 bridgehead atoms. The highest BCUT2D eigenvalue weighted by molar-refractivity contribution is 7.87. The van der Waals surface area contributed by atoms with Crippen LogP contribution in [0.3, 0.4) is 0 Å². The maximum absolute atomic E-state index is 12.1. The van der Waals surface area contributed by atoms with Crippen LogP contribution >= 0.6 is 0 Å². The van der Waals surface area contributed by atoms with E-state index in [4.69, 9.17) is 17.8 Å². The fourth-order valence-corrected chi connectivity index (χ4v) is 5.17.